The number of nitrogens with zero attached hydrogens (tertiary/aromatic N) is 7. The summed E-state index contributed by atoms with van der Waals surface area (Å²) in [4.78, 5) is 39.3. The number of aromatic nitrogens is 6. The Morgan fingerprint density at radius 2 is 1.25 bits per heavy atom. The third kappa shape index (κ3) is 2.98. The van der Waals surface area contributed by atoms with Crippen LogP contribution in [-0.2, 0) is 0 Å². The van der Waals surface area contributed by atoms with Crippen LogP contribution in [0.1, 0.15) is 28.4 Å². The van der Waals surface area contributed by atoms with E-state index in [1.54, 1.807) is 37.2 Å². The molecule has 3 aliphatic rings. The molecule has 0 aromatic carbocycles. The zero-order valence-corrected chi connectivity index (χ0v) is 20.6. The van der Waals surface area contributed by atoms with Gasteiger partial charge in [0, 0.05) is 93.4 Å². The van der Waals surface area contributed by atoms with E-state index in [1.807, 2.05) is 36.7 Å². The van der Waals surface area contributed by atoms with Crippen LogP contribution < -0.4 is 16.0 Å². The molecule has 0 saturated carbocycles. The summed E-state index contributed by atoms with van der Waals surface area (Å²) in [5.41, 5.74) is 3.65. The van der Waals surface area contributed by atoms with Gasteiger partial charge < -0.3 is 25.9 Å². The summed E-state index contributed by atoms with van der Waals surface area (Å²) < 4.78 is 0. The average Bonchev–Trinajstić information content (AvgIpc) is 3.73. The molecule has 40 heavy (non-hydrogen) atoms. The minimum absolute atomic E-state index is 0.371. The maximum absolute atomic E-state index is 5.03. The highest BCUT2D eigenvalue weighted by Gasteiger charge is 2.29. The lowest BCUT2D eigenvalue weighted by molar-refractivity contribution is 0.849. The average molecular weight is 523 g/mol. The molecule has 190 valence electrons. The Hall–Kier alpha value is -5.91. The van der Waals surface area contributed by atoms with Crippen LogP contribution in [-0.4, -0.2) is 47.4 Å². The second kappa shape index (κ2) is 7.80. The van der Waals surface area contributed by atoms with Gasteiger partial charge in [0.1, 0.15) is 41.1 Å². The molecule has 6 aromatic rings. The quantitative estimate of drug-likeness (QED) is 0.197. The number of aliphatic imine (C=N–C) groups is 3. The molecule has 0 amide bonds. The fourth-order valence-electron chi connectivity index (χ4n) is 5.51. The van der Waals surface area contributed by atoms with Gasteiger partial charge in [-0.3, -0.25) is 19.9 Å². The van der Waals surface area contributed by atoms with Crippen molar-refractivity contribution in [3.8, 4) is 0 Å². The van der Waals surface area contributed by atoms with E-state index >= 15 is 0 Å². The molecule has 3 aliphatic heterocycles. The van der Waals surface area contributed by atoms with Crippen molar-refractivity contribution in [3.05, 3.63) is 96.1 Å². The number of amidine groups is 3. The molecule has 1 atom stereocenters. The van der Waals surface area contributed by atoms with Crippen molar-refractivity contribution in [2.45, 2.75) is 6.17 Å². The predicted octanol–water partition coefficient (Wildman–Crippen LogP) is 4.48. The summed E-state index contributed by atoms with van der Waals surface area (Å²) in [5, 5.41) is 14.3. The van der Waals surface area contributed by atoms with E-state index in [4.69, 9.17) is 15.0 Å². The highest BCUT2D eigenvalue weighted by Crippen LogP contribution is 2.38. The first-order valence-corrected chi connectivity index (χ1v) is 12.7. The van der Waals surface area contributed by atoms with E-state index in [9.17, 15) is 0 Å². The smallest absolute Gasteiger partial charge is 0.166 e. The Balaban J connectivity index is 1.31. The van der Waals surface area contributed by atoms with Crippen LogP contribution in [0.15, 0.2) is 88.8 Å². The number of pyridine rings is 4. The molecule has 12 nitrogen and oxygen atoms in total. The minimum atomic E-state index is -0.371. The number of nitrogens with one attached hydrogen (secondary N) is 5. The lowest BCUT2D eigenvalue weighted by Gasteiger charge is -2.12. The van der Waals surface area contributed by atoms with Crippen molar-refractivity contribution in [1.29, 1.82) is 0 Å². The highest BCUT2D eigenvalue weighted by atomic mass is 15.2. The number of rotatable bonds is 0. The first kappa shape index (κ1) is 21.1. The van der Waals surface area contributed by atoms with E-state index in [-0.39, 0.29) is 6.17 Å². The Labute approximate surface area is 225 Å². The third-order valence-electron chi connectivity index (χ3n) is 7.38. The molecular weight excluding hydrogens is 504 g/mol. The van der Waals surface area contributed by atoms with Crippen molar-refractivity contribution in [2.24, 2.45) is 15.0 Å². The molecule has 0 radical (unpaired) electrons. The van der Waals surface area contributed by atoms with Crippen LogP contribution in [0, 0.1) is 0 Å². The van der Waals surface area contributed by atoms with Crippen molar-refractivity contribution in [2.75, 3.05) is 16.0 Å². The van der Waals surface area contributed by atoms with Crippen LogP contribution in [0.3, 0.4) is 0 Å². The Bertz CT molecular complexity index is 2110. The van der Waals surface area contributed by atoms with Crippen LogP contribution >= 0.6 is 0 Å². The molecule has 0 fully saturated rings. The fourth-order valence-corrected chi connectivity index (χ4v) is 5.51. The topological polar surface area (TPSA) is 156 Å². The molecule has 9 rings (SSSR count). The normalized spacial score (nSPS) is 16.8. The number of aromatic amines is 2. The molecule has 12 heteroatoms. The predicted molar refractivity (Wildman–Crippen MR) is 154 cm³/mol. The zero-order chi connectivity index (χ0) is 26.2. The molecule has 5 N–H and O–H groups in total. The molecule has 0 aliphatic carbocycles. The molecular formula is C28H18N12. The summed E-state index contributed by atoms with van der Waals surface area (Å²) in [6.45, 7) is 0. The molecule has 0 spiro atoms. The molecule has 8 bridgehead atoms. The monoisotopic (exact) mass is 522 g/mol. The van der Waals surface area contributed by atoms with Gasteiger partial charge in [-0.25, -0.2) is 15.0 Å². The van der Waals surface area contributed by atoms with Crippen LogP contribution in [0.25, 0.3) is 21.5 Å². The summed E-state index contributed by atoms with van der Waals surface area (Å²) in [7, 11) is 0. The third-order valence-corrected chi connectivity index (χ3v) is 7.38. The maximum Gasteiger partial charge on any atom is 0.166 e. The van der Waals surface area contributed by atoms with Gasteiger partial charge in [0.05, 0.1) is 0 Å². The first-order valence-electron chi connectivity index (χ1n) is 12.7. The summed E-state index contributed by atoms with van der Waals surface area (Å²) in [6.07, 6.45) is 13.9. The number of hydrogen-bond donors (Lipinski definition) is 5. The van der Waals surface area contributed by atoms with Gasteiger partial charge in [0.15, 0.2) is 5.84 Å². The minimum Gasteiger partial charge on any atom is -0.346 e. The second-order valence-corrected chi connectivity index (χ2v) is 9.62. The lowest BCUT2D eigenvalue weighted by atomic mass is 10.1. The van der Waals surface area contributed by atoms with Crippen molar-refractivity contribution >= 4 is 62.3 Å². The van der Waals surface area contributed by atoms with Gasteiger partial charge in [-0.15, -0.1) is 0 Å². The van der Waals surface area contributed by atoms with Gasteiger partial charge in [-0.05, 0) is 24.3 Å². The molecule has 1 unspecified atom stereocenters. The first-order chi connectivity index (χ1) is 19.8. The highest BCUT2D eigenvalue weighted by molar-refractivity contribution is 6.27. The maximum atomic E-state index is 5.03. The van der Waals surface area contributed by atoms with E-state index in [0.29, 0.717) is 23.3 Å². The number of H-pyrrole nitrogens is 2. The van der Waals surface area contributed by atoms with E-state index in [1.165, 1.54) is 0 Å². The Kier molecular flexibility index (Phi) is 4.11. The lowest BCUT2D eigenvalue weighted by Crippen LogP contribution is -2.12. The van der Waals surface area contributed by atoms with Crippen LogP contribution in [0.2, 0.25) is 0 Å². The van der Waals surface area contributed by atoms with Gasteiger partial charge in [0.25, 0.3) is 0 Å². The summed E-state index contributed by atoms with van der Waals surface area (Å²) in [6, 6.07) is 7.82. The van der Waals surface area contributed by atoms with E-state index < -0.39 is 0 Å². The van der Waals surface area contributed by atoms with Crippen molar-refractivity contribution in [1.82, 2.24) is 29.9 Å². The number of fused-ring (bicyclic) bond motifs is 18. The standard InChI is InChI=1S/C28H18N12/c1-5-29-9-17-13(1)21-33-22-14-2-6-31-11-19(14)27(35-22)40-28-20-12-32-8-4-16(20)24(39-28)38-26-18-10-30-7-3-15(18)23(37-26)36-25(17)34-21/h1-12,25,35-37H,(H,33,34)(H,38,39,40). The Morgan fingerprint density at radius 3 is 2.15 bits per heavy atom. The fraction of sp³-hybridized carbons (Fsp3) is 0.0357. The summed E-state index contributed by atoms with van der Waals surface area (Å²) >= 11 is 0. The van der Waals surface area contributed by atoms with Gasteiger partial charge in [-0.1, -0.05) is 0 Å². The van der Waals surface area contributed by atoms with Gasteiger partial charge >= 0.3 is 0 Å². The van der Waals surface area contributed by atoms with Crippen LogP contribution in [0.5, 0.6) is 0 Å². The second-order valence-electron chi connectivity index (χ2n) is 9.62. The van der Waals surface area contributed by atoms with Crippen LogP contribution in [0.4, 0.5) is 23.3 Å². The molecule has 6 aromatic heterocycles. The van der Waals surface area contributed by atoms with Crippen molar-refractivity contribution in [3.63, 3.8) is 0 Å². The van der Waals surface area contributed by atoms with Gasteiger partial charge in [-0.2, -0.15) is 0 Å². The molecule has 0 saturated heterocycles. The number of anilines is 3. The molecule has 9 heterocycles. The SMILES string of the molecule is c1cc2c(cn1)C1=Nc3[nH]c(c4ccncc34)NC3=NC(Nc4[nH]c(c5cnccc45)NC2=N1)c1cnccc13. The van der Waals surface area contributed by atoms with Gasteiger partial charge in [0.2, 0.25) is 0 Å². The van der Waals surface area contributed by atoms with Crippen molar-refractivity contribution < 1.29 is 0 Å². The summed E-state index contributed by atoms with van der Waals surface area (Å²) in [5.74, 6) is 4.86. The number of hydrogen-bond acceptors (Lipinski definition) is 10. The Morgan fingerprint density at radius 1 is 0.550 bits per heavy atom. The largest absolute Gasteiger partial charge is 0.346 e. The zero-order valence-electron chi connectivity index (χ0n) is 20.6. The van der Waals surface area contributed by atoms with E-state index in [2.05, 4.69) is 45.9 Å². The van der Waals surface area contributed by atoms with E-state index in [0.717, 1.165) is 61.3 Å².